The molecule has 0 N–H and O–H groups in total. The first kappa shape index (κ1) is 20.4. The number of hydrogen-bond acceptors (Lipinski definition) is 4. The molecule has 0 spiro atoms. The van der Waals surface area contributed by atoms with Crippen molar-refractivity contribution in [3.63, 3.8) is 0 Å². The fraction of sp³-hybridized carbons (Fsp3) is 0.417. The first-order valence-electron chi connectivity index (χ1n) is 10.5. The highest BCUT2D eigenvalue weighted by Gasteiger charge is 2.42. The number of morpholine rings is 1. The predicted octanol–water partition coefficient (Wildman–Crippen LogP) is 2.55. The molecule has 6 heteroatoms. The Labute approximate surface area is 178 Å². The van der Waals surface area contributed by atoms with E-state index in [1.54, 1.807) is 11.9 Å². The smallest absolute Gasteiger partial charge is 0.254 e. The molecule has 0 unspecified atom stereocenters. The molecule has 0 radical (unpaired) electrons. The highest BCUT2D eigenvalue weighted by Crippen LogP contribution is 2.32. The van der Waals surface area contributed by atoms with Crippen LogP contribution in [0.4, 0.5) is 5.69 Å². The second-order valence-corrected chi connectivity index (χ2v) is 8.14. The van der Waals surface area contributed by atoms with Gasteiger partial charge in [-0.15, -0.1) is 0 Å². The van der Waals surface area contributed by atoms with Crippen molar-refractivity contribution in [2.75, 3.05) is 44.7 Å². The Morgan fingerprint density at radius 2 is 1.57 bits per heavy atom. The van der Waals surface area contributed by atoms with Gasteiger partial charge in [-0.2, -0.15) is 0 Å². The number of carbonyl (C=O) groups is 2. The van der Waals surface area contributed by atoms with Gasteiger partial charge in [0.25, 0.3) is 5.91 Å². The van der Waals surface area contributed by atoms with Gasteiger partial charge in [0.15, 0.2) is 6.10 Å². The summed E-state index contributed by atoms with van der Waals surface area (Å²) < 4.78 is 5.83. The second-order valence-electron chi connectivity index (χ2n) is 8.14. The van der Waals surface area contributed by atoms with Gasteiger partial charge in [-0.3, -0.25) is 9.59 Å². The minimum Gasteiger partial charge on any atom is -0.368 e. The summed E-state index contributed by atoms with van der Waals surface area (Å²) in [5, 5.41) is 0. The summed E-state index contributed by atoms with van der Waals surface area (Å²) in [5.41, 5.74) is 4.48. The zero-order valence-corrected chi connectivity index (χ0v) is 17.9. The Balaban J connectivity index is 1.51. The summed E-state index contributed by atoms with van der Waals surface area (Å²) in [7, 11) is 1.76. The zero-order valence-electron chi connectivity index (χ0n) is 17.9. The number of benzene rings is 2. The number of piperazine rings is 1. The number of nitrogens with zero attached hydrogens (tertiary/aromatic N) is 3. The zero-order chi connectivity index (χ0) is 21.3. The van der Waals surface area contributed by atoms with E-state index < -0.39 is 12.1 Å². The fourth-order valence-electron chi connectivity index (χ4n) is 4.47. The standard InChI is InChI=1S/C24H29N3O3/c1-17-8-4-6-10-19(17)22-23(30-16-21(28)25(22)3)24(29)27-14-12-26(13-15-27)20-11-7-5-9-18(20)2/h4-11,22-23H,12-16H2,1-3H3/t22-,23+/m1/s1. The summed E-state index contributed by atoms with van der Waals surface area (Å²) in [6, 6.07) is 15.8. The molecule has 2 atom stereocenters. The Kier molecular flexibility index (Phi) is 5.77. The lowest BCUT2D eigenvalue weighted by Gasteiger charge is -2.43. The highest BCUT2D eigenvalue weighted by atomic mass is 16.5. The summed E-state index contributed by atoms with van der Waals surface area (Å²) in [5.74, 6) is -0.135. The normalized spacial score (nSPS) is 22.4. The van der Waals surface area contributed by atoms with Gasteiger partial charge in [0.05, 0.1) is 6.04 Å². The van der Waals surface area contributed by atoms with Crippen LogP contribution >= 0.6 is 0 Å². The molecule has 2 aliphatic heterocycles. The van der Waals surface area contributed by atoms with Crippen molar-refractivity contribution in [1.29, 1.82) is 0 Å². The Bertz CT molecular complexity index is 937. The number of anilines is 1. The summed E-state index contributed by atoms with van der Waals surface area (Å²) in [6.07, 6.45) is -0.682. The van der Waals surface area contributed by atoms with E-state index in [0.29, 0.717) is 13.1 Å². The van der Waals surface area contributed by atoms with Crippen LogP contribution in [0.1, 0.15) is 22.7 Å². The molecule has 2 saturated heterocycles. The summed E-state index contributed by atoms with van der Waals surface area (Å²) in [6.45, 7) is 6.92. The summed E-state index contributed by atoms with van der Waals surface area (Å²) in [4.78, 5) is 31.7. The molecule has 6 nitrogen and oxygen atoms in total. The molecule has 0 bridgehead atoms. The lowest BCUT2D eigenvalue weighted by atomic mass is 9.93. The fourth-order valence-corrected chi connectivity index (χ4v) is 4.47. The van der Waals surface area contributed by atoms with Gasteiger partial charge in [0.1, 0.15) is 6.61 Å². The maximum absolute atomic E-state index is 13.5. The molecule has 2 fully saturated rings. The van der Waals surface area contributed by atoms with Gasteiger partial charge in [-0.25, -0.2) is 0 Å². The Hall–Kier alpha value is -2.86. The number of carbonyl (C=O) groups excluding carboxylic acids is 2. The molecule has 0 aromatic heterocycles. The number of aryl methyl sites for hydroxylation is 2. The molecule has 0 saturated carbocycles. The lowest BCUT2D eigenvalue weighted by molar-refractivity contribution is -0.167. The van der Waals surface area contributed by atoms with Gasteiger partial charge in [0, 0.05) is 38.9 Å². The molecule has 2 aliphatic rings. The van der Waals surface area contributed by atoms with Crippen LogP contribution in [-0.4, -0.2) is 67.6 Å². The topological polar surface area (TPSA) is 53.1 Å². The Morgan fingerprint density at radius 3 is 2.23 bits per heavy atom. The van der Waals surface area contributed by atoms with Crippen molar-refractivity contribution in [1.82, 2.24) is 9.80 Å². The number of ether oxygens (including phenoxy) is 1. The van der Waals surface area contributed by atoms with E-state index >= 15 is 0 Å². The van der Waals surface area contributed by atoms with Crippen molar-refractivity contribution in [2.24, 2.45) is 0 Å². The third kappa shape index (κ3) is 3.79. The van der Waals surface area contributed by atoms with E-state index in [-0.39, 0.29) is 18.4 Å². The number of hydrogen-bond donors (Lipinski definition) is 0. The van der Waals surface area contributed by atoms with E-state index in [2.05, 4.69) is 30.0 Å². The van der Waals surface area contributed by atoms with Crippen LogP contribution in [-0.2, 0) is 14.3 Å². The van der Waals surface area contributed by atoms with Crippen LogP contribution in [0.2, 0.25) is 0 Å². The first-order valence-corrected chi connectivity index (χ1v) is 10.5. The largest absolute Gasteiger partial charge is 0.368 e. The lowest BCUT2D eigenvalue weighted by Crippen LogP contribution is -2.57. The van der Waals surface area contributed by atoms with Gasteiger partial charge in [-0.1, -0.05) is 42.5 Å². The minimum absolute atomic E-state index is 0.0352. The van der Waals surface area contributed by atoms with Crippen molar-refractivity contribution >= 4 is 17.5 Å². The Morgan fingerprint density at radius 1 is 0.933 bits per heavy atom. The van der Waals surface area contributed by atoms with Gasteiger partial charge in [-0.05, 0) is 36.6 Å². The van der Waals surface area contributed by atoms with Crippen LogP contribution in [0, 0.1) is 13.8 Å². The van der Waals surface area contributed by atoms with Crippen molar-refractivity contribution < 1.29 is 14.3 Å². The molecule has 2 amide bonds. The molecule has 158 valence electrons. The van der Waals surface area contributed by atoms with Crippen LogP contribution in [0.3, 0.4) is 0 Å². The first-order chi connectivity index (χ1) is 14.5. The number of amides is 2. The monoisotopic (exact) mass is 407 g/mol. The maximum Gasteiger partial charge on any atom is 0.254 e. The molecule has 30 heavy (non-hydrogen) atoms. The average molecular weight is 408 g/mol. The van der Waals surface area contributed by atoms with Gasteiger partial charge >= 0.3 is 0 Å². The maximum atomic E-state index is 13.5. The quantitative estimate of drug-likeness (QED) is 0.785. The van der Waals surface area contributed by atoms with Gasteiger partial charge < -0.3 is 19.4 Å². The third-order valence-electron chi connectivity index (χ3n) is 6.28. The van der Waals surface area contributed by atoms with Crippen LogP contribution in [0.25, 0.3) is 0 Å². The van der Waals surface area contributed by atoms with Crippen molar-refractivity contribution in [3.8, 4) is 0 Å². The molecule has 4 rings (SSSR count). The van der Waals surface area contributed by atoms with Crippen molar-refractivity contribution in [3.05, 3.63) is 65.2 Å². The molecule has 2 heterocycles. The van der Waals surface area contributed by atoms with Gasteiger partial charge in [0.2, 0.25) is 5.91 Å². The minimum atomic E-state index is -0.682. The predicted molar refractivity (Wildman–Crippen MR) is 116 cm³/mol. The molecule has 2 aromatic rings. The molecular formula is C24H29N3O3. The van der Waals surface area contributed by atoms with Crippen LogP contribution < -0.4 is 4.90 Å². The second kappa shape index (κ2) is 8.48. The SMILES string of the molecule is Cc1ccccc1[C@@H]1[C@@H](C(=O)N2CCN(c3ccccc3C)CC2)OCC(=O)N1C. The van der Waals surface area contributed by atoms with E-state index in [0.717, 1.165) is 24.2 Å². The van der Waals surface area contributed by atoms with E-state index in [4.69, 9.17) is 4.74 Å². The van der Waals surface area contributed by atoms with Crippen LogP contribution in [0.5, 0.6) is 0 Å². The molecule has 2 aromatic carbocycles. The summed E-state index contributed by atoms with van der Waals surface area (Å²) >= 11 is 0. The number of likely N-dealkylation sites (N-methyl/N-ethyl adjacent to an activating group) is 1. The van der Waals surface area contributed by atoms with E-state index in [9.17, 15) is 9.59 Å². The number of rotatable bonds is 3. The average Bonchev–Trinajstić information content (AvgIpc) is 2.76. The van der Waals surface area contributed by atoms with Crippen LogP contribution in [0.15, 0.2) is 48.5 Å². The van der Waals surface area contributed by atoms with E-state index in [1.807, 2.05) is 42.2 Å². The third-order valence-corrected chi connectivity index (χ3v) is 6.28. The molecular weight excluding hydrogens is 378 g/mol. The highest BCUT2D eigenvalue weighted by molar-refractivity contribution is 5.86. The number of para-hydroxylation sites is 1. The molecule has 0 aliphatic carbocycles. The van der Waals surface area contributed by atoms with Crippen molar-refractivity contribution in [2.45, 2.75) is 26.0 Å². The van der Waals surface area contributed by atoms with E-state index in [1.165, 1.54) is 11.3 Å².